The monoisotopic (exact) mass is 402 g/mol. The van der Waals surface area contributed by atoms with E-state index in [1.165, 1.54) is 44.2 Å². The Kier molecular flexibility index (Phi) is 4.99. The summed E-state index contributed by atoms with van der Waals surface area (Å²) in [4.78, 5) is 24.2. The fraction of sp³-hybridized carbons (Fsp3) is 0.200. The van der Waals surface area contributed by atoms with Gasteiger partial charge in [0.25, 0.3) is 5.79 Å². The SMILES string of the molecule is Cc1ccc(S(=O)(=O)Oc2ccccc2C=C2C(=O)OC(C)(C)OC2=O)cc1. The van der Waals surface area contributed by atoms with Gasteiger partial charge in [0.05, 0.1) is 0 Å². The third-order valence-corrected chi connectivity index (χ3v) is 5.09. The Morgan fingerprint density at radius 2 is 1.50 bits per heavy atom. The highest BCUT2D eigenvalue weighted by Gasteiger charge is 2.39. The molecule has 1 fully saturated rings. The molecule has 2 aromatic rings. The fourth-order valence-electron chi connectivity index (χ4n) is 2.48. The van der Waals surface area contributed by atoms with E-state index < -0.39 is 27.8 Å². The lowest BCUT2D eigenvalue weighted by molar-refractivity contribution is -0.222. The maximum absolute atomic E-state index is 12.5. The third-order valence-electron chi connectivity index (χ3n) is 3.84. The summed E-state index contributed by atoms with van der Waals surface area (Å²) in [7, 11) is -4.10. The highest BCUT2D eigenvalue weighted by molar-refractivity contribution is 7.87. The van der Waals surface area contributed by atoms with E-state index in [4.69, 9.17) is 13.7 Å². The summed E-state index contributed by atoms with van der Waals surface area (Å²) in [6.45, 7) is 4.71. The normalized spacial score (nSPS) is 16.2. The minimum atomic E-state index is -4.10. The van der Waals surface area contributed by atoms with Gasteiger partial charge in [0, 0.05) is 19.4 Å². The van der Waals surface area contributed by atoms with Crippen LogP contribution in [0, 0.1) is 6.92 Å². The summed E-state index contributed by atoms with van der Waals surface area (Å²) in [6, 6.07) is 12.3. The molecule has 7 nitrogen and oxygen atoms in total. The first-order valence-corrected chi connectivity index (χ1v) is 9.77. The van der Waals surface area contributed by atoms with Gasteiger partial charge in [0.1, 0.15) is 16.2 Å². The van der Waals surface area contributed by atoms with E-state index in [0.717, 1.165) is 5.56 Å². The molecule has 2 aromatic carbocycles. The van der Waals surface area contributed by atoms with Crippen LogP contribution in [0.5, 0.6) is 5.75 Å². The lowest BCUT2D eigenvalue weighted by Gasteiger charge is -2.29. The van der Waals surface area contributed by atoms with Crippen molar-refractivity contribution >= 4 is 28.1 Å². The predicted octanol–water partition coefficient (Wildman–Crippen LogP) is 2.98. The van der Waals surface area contributed by atoms with E-state index in [2.05, 4.69) is 0 Å². The summed E-state index contributed by atoms with van der Waals surface area (Å²) in [5.74, 6) is -3.13. The molecule has 28 heavy (non-hydrogen) atoms. The maximum Gasteiger partial charge on any atom is 0.348 e. The molecule has 8 heteroatoms. The lowest BCUT2D eigenvalue weighted by atomic mass is 10.1. The Labute approximate surface area is 162 Å². The highest BCUT2D eigenvalue weighted by Crippen LogP contribution is 2.28. The van der Waals surface area contributed by atoms with Crippen LogP contribution < -0.4 is 4.18 Å². The summed E-state index contributed by atoms with van der Waals surface area (Å²) in [5, 5.41) is 0. The molecule has 0 aromatic heterocycles. The minimum Gasteiger partial charge on any atom is -0.419 e. The number of carbonyl (C=O) groups is 2. The first-order valence-electron chi connectivity index (χ1n) is 8.36. The number of hydrogen-bond acceptors (Lipinski definition) is 7. The number of carbonyl (C=O) groups excluding carboxylic acids is 2. The van der Waals surface area contributed by atoms with E-state index >= 15 is 0 Å². The summed E-state index contributed by atoms with van der Waals surface area (Å²) < 4.78 is 40.4. The molecule has 0 atom stereocenters. The molecule has 0 N–H and O–H groups in total. The Hall–Kier alpha value is -3.13. The molecule has 0 unspecified atom stereocenters. The molecule has 0 spiro atoms. The van der Waals surface area contributed by atoms with Crippen molar-refractivity contribution in [2.75, 3.05) is 0 Å². The number of ether oxygens (including phenoxy) is 2. The third kappa shape index (κ3) is 4.23. The number of benzene rings is 2. The van der Waals surface area contributed by atoms with Gasteiger partial charge in [-0.05, 0) is 31.2 Å². The molecular formula is C20H18O7S. The Balaban J connectivity index is 1.95. The van der Waals surface area contributed by atoms with E-state index in [0.29, 0.717) is 0 Å². The predicted molar refractivity (Wildman–Crippen MR) is 99.7 cm³/mol. The fourth-order valence-corrected chi connectivity index (χ4v) is 3.43. The van der Waals surface area contributed by atoms with Crippen LogP contribution in [0.1, 0.15) is 25.0 Å². The maximum atomic E-state index is 12.5. The summed E-state index contributed by atoms with van der Waals surface area (Å²) >= 11 is 0. The molecule has 1 saturated heterocycles. The van der Waals surface area contributed by atoms with Gasteiger partial charge in [-0.1, -0.05) is 35.9 Å². The van der Waals surface area contributed by atoms with Gasteiger partial charge in [0.2, 0.25) is 0 Å². The molecule has 1 aliphatic heterocycles. The van der Waals surface area contributed by atoms with Crippen molar-refractivity contribution in [1.82, 2.24) is 0 Å². The number of aryl methyl sites for hydroxylation is 1. The van der Waals surface area contributed by atoms with E-state index in [9.17, 15) is 18.0 Å². The van der Waals surface area contributed by atoms with Gasteiger partial charge >= 0.3 is 22.1 Å². The van der Waals surface area contributed by atoms with Crippen LogP contribution in [0.4, 0.5) is 0 Å². The van der Waals surface area contributed by atoms with E-state index in [1.807, 2.05) is 6.92 Å². The molecule has 146 valence electrons. The zero-order valence-corrected chi connectivity index (χ0v) is 16.3. The number of cyclic esters (lactones) is 2. The molecule has 1 heterocycles. The van der Waals surface area contributed by atoms with Gasteiger partial charge in [-0.2, -0.15) is 8.42 Å². The largest absolute Gasteiger partial charge is 0.419 e. The average Bonchev–Trinajstić information content (AvgIpc) is 2.59. The van der Waals surface area contributed by atoms with Crippen LogP contribution in [0.15, 0.2) is 59.0 Å². The molecular weight excluding hydrogens is 384 g/mol. The average molecular weight is 402 g/mol. The van der Waals surface area contributed by atoms with Gasteiger partial charge in [-0.3, -0.25) is 0 Å². The van der Waals surface area contributed by atoms with Crippen LogP contribution in [0.25, 0.3) is 6.08 Å². The van der Waals surface area contributed by atoms with E-state index in [-0.39, 0.29) is 21.8 Å². The van der Waals surface area contributed by atoms with Crippen molar-refractivity contribution in [3.8, 4) is 5.75 Å². The molecule has 0 aliphatic carbocycles. The van der Waals surface area contributed by atoms with Crippen molar-refractivity contribution in [2.45, 2.75) is 31.5 Å². The first kappa shape index (κ1) is 19.6. The van der Waals surface area contributed by atoms with Crippen LogP contribution in [-0.4, -0.2) is 26.1 Å². The minimum absolute atomic E-state index is 0.0150. The van der Waals surface area contributed by atoms with Gasteiger partial charge in [-0.15, -0.1) is 0 Å². The zero-order chi connectivity index (χ0) is 20.5. The molecule has 0 bridgehead atoms. The summed E-state index contributed by atoms with van der Waals surface area (Å²) in [6.07, 6.45) is 1.18. The van der Waals surface area contributed by atoms with Crippen LogP contribution in [-0.2, 0) is 29.2 Å². The van der Waals surface area contributed by atoms with Gasteiger partial charge in [-0.25, -0.2) is 9.59 Å². The van der Waals surface area contributed by atoms with Crippen molar-refractivity contribution in [2.24, 2.45) is 0 Å². The zero-order valence-electron chi connectivity index (χ0n) is 15.5. The van der Waals surface area contributed by atoms with Crippen LogP contribution in [0.3, 0.4) is 0 Å². The topological polar surface area (TPSA) is 96.0 Å². The molecule has 1 aliphatic rings. The second-order valence-corrected chi connectivity index (χ2v) is 8.17. The van der Waals surface area contributed by atoms with Crippen LogP contribution >= 0.6 is 0 Å². The molecule has 0 saturated carbocycles. The smallest absolute Gasteiger partial charge is 0.348 e. The standard InChI is InChI=1S/C20H18O7S/c1-13-8-10-15(11-9-13)28(23,24)27-17-7-5-4-6-14(17)12-16-18(21)25-20(2,3)26-19(16)22/h4-12H,1-3H3. The van der Waals surface area contributed by atoms with Gasteiger partial charge in [0.15, 0.2) is 0 Å². The molecule has 0 amide bonds. The second kappa shape index (κ2) is 7.12. The van der Waals surface area contributed by atoms with Crippen molar-refractivity contribution in [3.63, 3.8) is 0 Å². The summed E-state index contributed by atoms with van der Waals surface area (Å²) in [5.41, 5.74) is 0.756. The Morgan fingerprint density at radius 1 is 0.929 bits per heavy atom. The second-order valence-electron chi connectivity index (χ2n) is 6.63. The quantitative estimate of drug-likeness (QED) is 0.336. The Morgan fingerprint density at radius 3 is 2.11 bits per heavy atom. The number of para-hydroxylation sites is 1. The van der Waals surface area contributed by atoms with E-state index in [1.54, 1.807) is 24.3 Å². The number of esters is 2. The molecule has 3 rings (SSSR count). The van der Waals surface area contributed by atoms with Crippen molar-refractivity contribution in [3.05, 3.63) is 65.2 Å². The highest BCUT2D eigenvalue weighted by atomic mass is 32.2. The molecule has 0 radical (unpaired) electrons. The Bertz CT molecular complexity index is 1040. The van der Waals surface area contributed by atoms with Crippen molar-refractivity contribution in [1.29, 1.82) is 0 Å². The number of rotatable bonds is 4. The first-order chi connectivity index (χ1) is 13.1. The van der Waals surface area contributed by atoms with Gasteiger partial charge < -0.3 is 13.7 Å². The van der Waals surface area contributed by atoms with Crippen molar-refractivity contribution < 1.29 is 31.7 Å². The van der Waals surface area contributed by atoms with Crippen LogP contribution in [0.2, 0.25) is 0 Å². The lowest BCUT2D eigenvalue weighted by Crippen LogP contribution is -2.41. The number of hydrogen-bond donors (Lipinski definition) is 0.